The van der Waals surface area contributed by atoms with Crippen LogP contribution in [0.1, 0.15) is 291 Å². The molecule has 0 saturated carbocycles. The summed E-state index contributed by atoms with van der Waals surface area (Å²) in [7, 11) is 0. The number of benzene rings is 5. The van der Waals surface area contributed by atoms with Crippen molar-refractivity contribution < 1.29 is 0 Å². The first kappa shape index (κ1) is 63.7. The van der Waals surface area contributed by atoms with E-state index in [0.717, 1.165) is 0 Å². The Hall–Kier alpha value is -3.10. The van der Waals surface area contributed by atoms with Crippen LogP contribution in [0.4, 0.5) is 22.7 Å². The molecule has 0 unspecified atom stereocenters. The highest BCUT2D eigenvalue weighted by molar-refractivity contribution is 6.48. The van der Waals surface area contributed by atoms with E-state index in [9.17, 15) is 0 Å². The van der Waals surface area contributed by atoms with Crippen LogP contribution < -0.4 is 20.0 Å². The first-order chi connectivity index (χ1) is 35.8. The van der Waals surface area contributed by atoms with Gasteiger partial charge < -0.3 is 15.5 Å². The van der Waals surface area contributed by atoms with Crippen molar-refractivity contribution in [2.75, 3.05) is 41.7 Å². The normalized spacial score (nSPS) is 14.3. The molecule has 7 rings (SSSR count). The molecule has 2 saturated heterocycles. The minimum Gasteiger partial charge on any atom is -0.450 e. The quantitative estimate of drug-likeness (QED) is 0.0969. The van der Waals surface area contributed by atoms with Crippen molar-refractivity contribution in [2.24, 2.45) is 0 Å². The summed E-state index contributed by atoms with van der Waals surface area (Å²) in [4.78, 5) is 0. The van der Waals surface area contributed by atoms with Crippen LogP contribution in [0.3, 0.4) is 0 Å². The lowest BCUT2D eigenvalue weighted by Crippen LogP contribution is -2.49. The maximum absolute atomic E-state index is 2.94. The lowest BCUT2D eigenvalue weighted by atomic mass is 9.89. The Morgan fingerprint density at radius 1 is 0.289 bits per heavy atom. The molecule has 7 heteroatoms. The van der Waals surface area contributed by atoms with E-state index in [2.05, 4.69) is 269 Å². The molecule has 5 aromatic carbocycles. The topological polar surface area (TPSA) is 13.0 Å². The van der Waals surface area contributed by atoms with Crippen molar-refractivity contribution in [3.05, 3.63) is 146 Å². The lowest BCUT2D eigenvalue weighted by Gasteiger charge is -2.42. The number of nitrogens with zero attached hydrogens (tertiary/aromatic N) is 4. The molecule has 0 aromatic heterocycles. The van der Waals surface area contributed by atoms with E-state index in [-0.39, 0.29) is 31.3 Å². The highest BCUT2D eigenvalue weighted by Crippen LogP contribution is 2.42. The molecule has 2 heterocycles. The summed E-state index contributed by atoms with van der Waals surface area (Å²) in [6.45, 7) is 55.8. The van der Waals surface area contributed by atoms with Gasteiger partial charge in [0.1, 0.15) is 0 Å². The fourth-order valence-corrected chi connectivity index (χ4v) is 15.8. The molecule has 0 aliphatic carbocycles. The predicted octanol–water partition coefficient (Wildman–Crippen LogP) is 18.7. The molecule has 4 radical (unpaired) electrons. The van der Waals surface area contributed by atoms with Crippen molar-refractivity contribution in [3.63, 3.8) is 0 Å². The van der Waals surface area contributed by atoms with Gasteiger partial charge in [0.15, 0.2) is 16.3 Å². The zero-order chi connectivity index (χ0) is 56.5. The SMILES string of the molecule is CC(C)c1cc(C(C)C)[c]([Al])c(C(C)C)c1.CC(C)c1cccc(C(C)C)c1[N]1CCC[N](c2c(C(C)C)cccc2C(C)C)[Al]1.CC(C)c1cccc(C(C)C)c1[N]1CCC[N](c2c(C(C)C)cccc2C(C)C)[Al]1. The molecule has 0 N–H and O–H groups in total. The Morgan fingerprint density at radius 3 is 0.632 bits per heavy atom. The second-order valence-corrected chi connectivity index (χ2v) is 29.2. The Kier molecular flexibility index (Phi) is 24.2. The first-order valence-corrected chi connectivity index (χ1v) is 32.6. The van der Waals surface area contributed by atoms with Gasteiger partial charge in [-0.1, -0.05) is 248 Å². The van der Waals surface area contributed by atoms with Gasteiger partial charge in [-0.2, -0.15) is 0 Å². The van der Waals surface area contributed by atoms with Crippen LogP contribution in [-0.4, -0.2) is 73.8 Å². The summed E-state index contributed by atoms with van der Waals surface area (Å²) in [5.74, 6) is 6.17. The van der Waals surface area contributed by atoms with E-state index < -0.39 is 0 Å². The maximum Gasteiger partial charge on any atom is 0.553 e. The van der Waals surface area contributed by atoms with Gasteiger partial charge in [0.25, 0.3) is 0 Å². The largest absolute Gasteiger partial charge is 0.553 e. The van der Waals surface area contributed by atoms with Crippen LogP contribution >= 0.6 is 0 Å². The summed E-state index contributed by atoms with van der Waals surface area (Å²) in [5.41, 5.74) is 22.6. The van der Waals surface area contributed by atoms with Gasteiger partial charge in [-0.05, 0) is 154 Å². The van der Waals surface area contributed by atoms with Gasteiger partial charge in [0.05, 0.1) is 0 Å². The van der Waals surface area contributed by atoms with Crippen molar-refractivity contribution in [2.45, 2.75) is 230 Å². The lowest BCUT2D eigenvalue weighted by molar-refractivity contribution is 0.752. The Labute approximate surface area is 489 Å². The molecule has 2 aliphatic heterocycles. The third-order valence-corrected chi connectivity index (χ3v) is 19.7. The number of para-hydroxylation sites is 4. The zero-order valence-electron chi connectivity index (χ0n) is 52.2. The van der Waals surface area contributed by atoms with Gasteiger partial charge in [0, 0.05) is 22.7 Å². The molecule has 76 heavy (non-hydrogen) atoms. The van der Waals surface area contributed by atoms with Crippen LogP contribution in [0.5, 0.6) is 0 Å². The van der Waals surface area contributed by atoms with Crippen LogP contribution in [0, 0.1) is 0 Å². The molecular weight excluding hydrogens is 966 g/mol. The highest BCUT2D eigenvalue weighted by atomic mass is 27.1. The second kappa shape index (κ2) is 28.9. The summed E-state index contributed by atoms with van der Waals surface area (Å²) >= 11 is 2.99. The van der Waals surface area contributed by atoms with Gasteiger partial charge in [0.2, 0.25) is 0 Å². The maximum atomic E-state index is 2.94. The third-order valence-electron chi connectivity index (χ3n) is 15.8. The van der Waals surface area contributed by atoms with Crippen molar-refractivity contribution in [3.8, 4) is 0 Å². The molecule has 5 aromatic rings. The summed E-state index contributed by atoms with van der Waals surface area (Å²) in [6, 6.07) is 32.6. The summed E-state index contributed by atoms with van der Waals surface area (Å²) in [5, 5.41) is 0. The smallest absolute Gasteiger partial charge is 0.450 e. The van der Waals surface area contributed by atoms with E-state index in [4.69, 9.17) is 0 Å². The third kappa shape index (κ3) is 15.6. The van der Waals surface area contributed by atoms with Gasteiger partial charge in [-0.25, -0.2) is 0 Å². The second-order valence-electron chi connectivity index (χ2n) is 25.7. The van der Waals surface area contributed by atoms with E-state index in [1.165, 1.54) is 127 Å². The fraction of sp³-hybridized carbons (Fsp3) is 0.565. The van der Waals surface area contributed by atoms with Gasteiger partial charge >= 0.3 is 31.3 Å². The number of rotatable bonds is 15. The predicted molar refractivity (Wildman–Crippen MR) is 343 cm³/mol. The number of hydrogen-bond acceptors (Lipinski definition) is 4. The van der Waals surface area contributed by atoms with Crippen LogP contribution in [-0.2, 0) is 0 Å². The Balaban J connectivity index is 0.000000221. The minimum absolute atomic E-state index is 0.0275. The molecule has 0 atom stereocenters. The average Bonchev–Trinajstić information content (AvgIpc) is 3.37. The summed E-state index contributed by atoms with van der Waals surface area (Å²) < 4.78 is 12.4. The van der Waals surface area contributed by atoms with Crippen LogP contribution in [0.15, 0.2) is 84.9 Å². The van der Waals surface area contributed by atoms with E-state index >= 15 is 0 Å². The van der Waals surface area contributed by atoms with Crippen LogP contribution in [0.25, 0.3) is 0 Å². The molecule has 2 fully saturated rings. The van der Waals surface area contributed by atoms with Crippen molar-refractivity contribution in [1.82, 2.24) is 0 Å². The number of anilines is 4. The summed E-state index contributed by atoms with van der Waals surface area (Å²) in [6.07, 6.45) is 2.45. The first-order valence-electron chi connectivity index (χ1n) is 30.0. The van der Waals surface area contributed by atoms with E-state index in [1.807, 2.05) is 0 Å². The molecule has 408 valence electrons. The number of hydrogen-bond donors (Lipinski definition) is 0. The minimum atomic E-state index is 0.0275. The standard InChI is InChI=1S/2C27H40N2.C15H23.3Al/c2*1-18(2)22-12-9-13-23(19(3)4)26(22)28-16-11-17-29-27-24(20(5)6)14-10-15-25(27)21(7)8;1-10(2)13-7-14(11(3)4)9-15(8-13)12(5)6;;;/h2*9-10,12-15,18-21H,11,16-17H2,1-8H3;7-8,10-12H,1-6H3;;;/q2*-2;;;2*+2. The Bertz CT molecular complexity index is 2200. The van der Waals surface area contributed by atoms with Crippen molar-refractivity contribution in [1.29, 1.82) is 0 Å². The average molecular weight is 1070 g/mol. The molecule has 2 aliphatic rings. The van der Waals surface area contributed by atoms with Gasteiger partial charge in [-0.15, -0.1) is 4.43 Å². The molecule has 0 amide bonds. The van der Waals surface area contributed by atoms with Crippen molar-refractivity contribution >= 4 is 74.8 Å². The monoisotopic (exact) mass is 1070 g/mol. The Morgan fingerprint density at radius 2 is 0.474 bits per heavy atom. The molecule has 4 nitrogen and oxygen atoms in total. The molecule has 0 bridgehead atoms. The fourth-order valence-electron chi connectivity index (χ4n) is 11.5. The van der Waals surface area contributed by atoms with E-state index in [0.29, 0.717) is 65.1 Å². The highest BCUT2D eigenvalue weighted by Gasteiger charge is 2.32. The van der Waals surface area contributed by atoms with Gasteiger partial charge in [-0.3, -0.25) is 0 Å². The van der Waals surface area contributed by atoms with Crippen LogP contribution in [0.2, 0.25) is 0 Å². The molecular formula is C69H103Al3N4. The van der Waals surface area contributed by atoms with E-state index in [1.54, 1.807) is 0 Å². The zero-order valence-corrected chi connectivity index (χ0v) is 55.7. The molecule has 0 spiro atoms.